The number of aliphatic hydroxyl groups is 1. The van der Waals surface area contributed by atoms with Crippen molar-refractivity contribution in [1.82, 2.24) is 10.2 Å². The van der Waals surface area contributed by atoms with Gasteiger partial charge in [-0.2, -0.15) is 0 Å². The highest BCUT2D eigenvalue weighted by atomic mass is 16.5. The summed E-state index contributed by atoms with van der Waals surface area (Å²) in [5.41, 5.74) is 2.36. The first-order chi connectivity index (χ1) is 13.3. The van der Waals surface area contributed by atoms with E-state index >= 15 is 0 Å². The number of ether oxygens (including phenoxy) is 2. The molecule has 7 nitrogen and oxygen atoms in total. The molecule has 3 rings (SSSR count). The summed E-state index contributed by atoms with van der Waals surface area (Å²) in [6.45, 7) is 6.16. The van der Waals surface area contributed by atoms with E-state index in [1.54, 1.807) is 21.1 Å². The van der Waals surface area contributed by atoms with E-state index in [4.69, 9.17) is 14.5 Å². The number of fused-ring (bicyclic) bond motifs is 1. The van der Waals surface area contributed by atoms with Crippen molar-refractivity contribution in [3.05, 3.63) is 23.3 Å². The average Bonchev–Trinajstić information content (AvgIpc) is 3.20. The number of nitrogens with zero attached hydrogens (tertiary/aromatic N) is 2. The van der Waals surface area contributed by atoms with Gasteiger partial charge in [0.1, 0.15) is 11.6 Å². The molecule has 2 aliphatic heterocycles. The smallest absolute Gasteiger partial charge is 0.239 e. The van der Waals surface area contributed by atoms with Crippen LogP contribution in [0.15, 0.2) is 17.1 Å². The first-order valence-corrected chi connectivity index (χ1v) is 9.84. The molecule has 0 bridgehead atoms. The van der Waals surface area contributed by atoms with Gasteiger partial charge in [0, 0.05) is 38.8 Å². The standard InChI is InChI=1S/C21H31N3O4/c1-14(7-10-27-3)15-5-6-17(28-4)16-11-18(23-20(15)16)22-19(25)12-24-9-8-21(2,26)13-24/h5-6,14,26H,7-13H2,1-4H3,(H,22,23,25)/t14?,21-/m0/s1. The summed E-state index contributed by atoms with van der Waals surface area (Å²) in [6, 6.07) is 4.03. The zero-order chi connectivity index (χ0) is 20.3. The Morgan fingerprint density at radius 3 is 2.86 bits per heavy atom. The van der Waals surface area contributed by atoms with Crippen LogP contribution in [0.25, 0.3) is 0 Å². The summed E-state index contributed by atoms with van der Waals surface area (Å²) < 4.78 is 10.7. The van der Waals surface area contributed by atoms with Crippen LogP contribution < -0.4 is 10.1 Å². The van der Waals surface area contributed by atoms with E-state index in [0.29, 0.717) is 37.7 Å². The Morgan fingerprint density at radius 1 is 1.43 bits per heavy atom. The molecular formula is C21H31N3O4. The summed E-state index contributed by atoms with van der Waals surface area (Å²) in [4.78, 5) is 19.2. The van der Waals surface area contributed by atoms with E-state index in [0.717, 1.165) is 35.5 Å². The van der Waals surface area contributed by atoms with Gasteiger partial charge in [0.25, 0.3) is 0 Å². The van der Waals surface area contributed by atoms with Crippen LogP contribution in [0.1, 0.15) is 43.7 Å². The van der Waals surface area contributed by atoms with Crippen LogP contribution in [0.4, 0.5) is 5.69 Å². The molecule has 2 heterocycles. The van der Waals surface area contributed by atoms with E-state index in [1.165, 1.54) is 0 Å². The van der Waals surface area contributed by atoms with Gasteiger partial charge >= 0.3 is 0 Å². The molecule has 154 valence electrons. The fourth-order valence-corrected chi connectivity index (χ4v) is 3.97. The van der Waals surface area contributed by atoms with Crippen LogP contribution >= 0.6 is 0 Å². The maximum absolute atomic E-state index is 12.5. The van der Waals surface area contributed by atoms with Crippen molar-refractivity contribution in [3.8, 4) is 5.75 Å². The highest BCUT2D eigenvalue weighted by Crippen LogP contribution is 2.41. The third-order valence-corrected chi connectivity index (χ3v) is 5.55. The quantitative estimate of drug-likeness (QED) is 0.745. The van der Waals surface area contributed by atoms with Crippen molar-refractivity contribution < 1.29 is 19.4 Å². The van der Waals surface area contributed by atoms with Crippen molar-refractivity contribution in [3.63, 3.8) is 0 Å². The SMILES string of the molecule is COCCC(C)c1ccc(OC)c2c1N=C(NC(=O)CN1CC[C@](C)(O)C1)C2. The number of amidine groups is 1. The van der Waals surface area contributed by atoms with Gasteiger partial charge in [0.2, 0.25) is 5.91 Å². The van der Waals surface area contributed by atoms with Crippen LogP contribution in [0.3, 0.4) is 0 Å². The van der Waals surface area contributed by atoms with Gasteiger partial charge in [-0.1, -0.05) is 13.0 Å². The number of β-amino-alcohol motifs (C(OH)–C–C–N with tert-alkyl or cyclic N) is 1. The van der Waals surface area contributed by atoms with Gasteiger partial charge in [-0.15, -0.1) is 0 Å². The molecule has 7 heteroatoms. The summed E-state index contributed by atoms with van der Waals surface area (Å²) >= 11 is 0. The number of nitrogens with one attached hydrogen (secondary N) is 1. The van der Waals surface area contributed by atoms with Gasteiger partial charge in [0.05, 0.1) is 24.9 Å². The van der Waals surface area contributed by atoms with Gasteiger partial charge in [-0.25, -0.2) is 4.99 Å². The van der Waals surface area contributed by atoms with Crippen molar-refractivity contribution in [2.24, 2.45) is 4.99 Å². The first kappa shape index (κ1) is 20.8. The normalized spacial score (nSPS) is 22.7. The molecule has 0 spiro atoms. The molecule has 28 heavy (non-hydrogen) atoms. The number of amides is 1. The molecule has 2 aliphatic rings. The van der Waals surface area contributed by atoms with Gasteiger partial charge in [-0.3, -0.25) is 9.69 Å². The van der Waals surface area contributed by atoms with Crippen molar-refractivity contribution >= 4 is 17.4 Å². The van der Waals surface area contributed by atoms with Crippen LogP contribution in [0.5, 0.6) is 5.75 Å². The average molecular weight is 389 g/mol. The number of carbonyl (C=O) groups excluding carboxylic acids is 1. The minimum atomic E-state index is -0.706. The summed E-state index contributed by atoms with van der Waals surface area (Å²) in [5, 5.41) is 13.0. The van der Waals surface area contributed by atoms with E-state index in [2.05, 4.69) is 18.3 Å². The summed E-state index contributed by atoms with van der Waals surface area (Å²) in [7, 11) is 3.36. The van der Waals surface area contributed by atoms with Crippen molar-refractivity contribution in [1.29, 1.82) is 0 Å². The third kappa shape index (κ3) is 4.71. The zero-order valence-corrected chi connectivity index (χ0v) is 17.2. The number of aliphatic imine (C=N–C) groups is 1. The molecule has 1 saturated heterocycles. The molecule has 0 radical (unpaired) electrons. The highest BCUT2D eigenvalue weighted by Gasteiger charge is 2.32. The Balaban J connectivity index is 1.70. The maximum Gasteiger partial charge on any atom is 0.239 e. The van der Waals surface area contributed by atoms with Gasteiger partial charge < -0.3 is 19.9 Å². The number of hydrogen-bond donors (Lipinski definition) is 2. The number of hydrogen-bond acceptors (Lipinski definition) is 6. The first-order valence-electron chi connectivity index (χ1n) is 9.84. The number of carbonyl (C=O) groups is 1. The number of rotatable bonds is 7. The Labute approximate surface area is 166 Å². The molecule has 2 atom stereocenters. The molecule has 1 aromatic rings. The zero-order valence-electron chi connectivity index (χ0n) is 17.2. The van der Waals surface area contributed by atoms with E-state index in [-0.39, 0.29) is 12.5 Å². The third-order valence-electron chi connectivity index (χ3n) is 5.55. The lowest BCUT2D eigenvalue weighted by Crippen LogP contribution is -2.40. The van der Waals surface area contributed by atoms with Crippen LogP contribution in [-0.2, 0) is 16.0 Å². The topological polar surface area (TPSA) is 83.4 Å². The Hall–Kier alpha value is -1.96. The fraction of sp³-hybridized carbons (Fsp3) is 0.619. The van der Waals surface area contributed by atoms with E-state index in [9.17, 15) is 9.90 Å². The minimum Gasteiger partial charge on any atom is -0.496 e. The Bertz CT molecular complexity index is 760. The largest absolute Gasteiger partial charge is 0.496 e. The van der Waals surface area contributed by atoms with Crippen molar-refractivity contribution in [2.45, 2.75) is 44.6 Å². The van der Waals surface area contributed by atoms with Gasteiger partial charge in [0.15, 0.2) is 0 Å². The predicted octanol–water partition coefficient (Wildman–Crippen LogP) is 1.99. The maximum atomic E-state index is 12.5. The molecule has 1 amide bonds. The van der Waals surface area contributed by atoms with Crippen LogP contribution in [0, 0.1) is 0 Å². The molecule has 0 saturated carbocycles. The van der Waals surface area contributed by atoms with Crippen LogP contribution in [-0.4, -0.2) is 67.8 Å². The second-order valence-corrected chi connectivity index (χ2v) is 8.11. The number of likely N-dealkylation sites (tertiary alicyclic amines) is 1. The predicted molar refractivity (Wildman–Crippen MR) is 109 cm³/mol. The second-order valence-electron chi connectivity index (χ2n) is 8.11. The molecular weight excluding hydrogens is 358 g/mol. The van der Waals surface area contributed by atoms with Crippen molar-refractivity contribution in [2.75, 3.05) is 40.5 Å². The molecule has 1 unspecified atom stereocenters. The van der Waals surface area contributed by atoms with Gasteiger partial charge in [-0.05, 0) is 37.3 Å². The Morgan fingerprint density at radius 2 is 2.21 bits per heavy atom. The second kappa shape index (κ2) is 8.59. The monoisotopic (exact) mass is 389 g/mol. The van der Waals surface area contributed by atoms with E-state index in [1.807, 2.05) is 11.0 Å². The number of methoxy groups -OCH3 is 2. The molecule has 2 N–H and O–H groups in total. The lowest BCUT2D eigenvalue weighted by atomic mass is 9.93. The summed E-state index contributed by atoms with van der Waals surface area (Å²) in [5.74, 6) is 1.64. The van der Waals surface area contributed by atoms with Crippen LogP contribution in [0.2, 0.25) is 0 Å². The molecule has 0 aromatic heterocycles. The molecule has 1 fully saturated rings. The molecule has 0 aliphatic carbocycles. The van der Waals surface area contributed by atoms with E-state index < -0.39 is 5.60 Å². The summed E-state index contributed by atoms with van der Waals surface area (Å²) in [6.07, 6.45) is 2.14. The highest BCUT2D eigenvalue weighted by molar-refractivity contribution is 6.04. The molecule has 1 aromatic carbocycles. The lowest BCUT2D eigenvalue weighted by molar-refractivity contribution is -0.120. The lowest BCUT2D eigenvalue weighted by Gasteiger charge is -2.18. The Kier molecular flexibility index (Phi) is 6.37. The number of benzene rings is 1. The minimum absolute atomic E-state index is 0.0998. The fourth-order valence-electron chi connectivity index (χ4n) is 3.97.